The molecule has 0 saturated heterocycles. The summed E-state index contributed by atoms with van der Waals surface area (Å²) in [4.78, 5) is 36.2. The minimum Gasteiger partial charge on any atom is -0.481 e. The number of fused-ring (bicyclic) bond motifs is 1. The van der Waals surface area contributed by atoms with Gasteiger partial charge in [-0.3, -0.25) is 18.7 Å². The number of nitrogens with one attached hydrogen (secondary N) is 1. The molecule has 146 valence electrons. The SMILES string of the molecule is CCCn1c(=O)n(CCC(=O)Nc2ccccc2CC(=O)O)c2ccccc21. The second-order valence-electron chi connectivity index (χ2n) is 6.60. The number of hydrogen-bond donors (Lipinski definition) is 2. The number of hydrogen-bond acceptors (Lipinski definition) is 3. The van der Waals surface area contributed by atoms with Crippen LogP contribution in [-0.4, -0.2) is 26.1 Å². The number of nitrogens with zero attached hydrogens (tertiary/aromatic N) is 2. The smallest absolute Gasteiger partial charge is 0.329 e. The van der Waals surface area contributed by atoms with Crippen LogP contribution in [0.25, 0.3) is 11.0 Å². The van der Waals surface area contributed by atoms with Gasteiger partial charge in [-0.25, -0.2) is 4.79 Å². The molecule has 1 heterocycles. The molecular weight excluding hydrogens is 358 g/mol. The van der Waals surface area contributed by atoms with Crippen molar-refractivity contribution in [1.29, 1.82) is 0 Å². The van der Waals surface area contributed by atoms with Crippen molar-refractivity contribution in [2.75, 3.05) is 5.32 Å². The Labute approximate surface area is 162 Å². The zero-order chi connectivity index (χ0) is 20.1. The van der Waals surface area contributed by atoms with Crippen molar-refractivity contribution >= 4 is 28.6 Å². The van der Waals surface area contributed by atoms with Crippen LogP contribution in [0.4, 0.5) is 5.69 Å². The van der Waals surface area contributed by atoms with Gasteiger partial charge in [0.1, 0.15) is 0 Å². The molecule has 1 amide bonds. The number of aryl methyl sites for hydroxylation is 2. The Bertz CT molecular complexity index is 1060. The van der Waals surface area contributed by atoms with Crippen LogP contribution in [0.15, 0.2) is 53.3 Å². The fraction of sp³-hybridized carbons (Fsp3) is 0.286. The zero-order valence-corrected chi connectivity index (χ0v) is 15.7. The minimum absolute atomic E-state index is 0.113. The lowest BCUT2D eigenvalue weighted by Gasteiger charge is -2.10. The summed E-state index contributed by atoms with van der Waals surface area (Å²) in [6.45, 7) is 2.89. The molecule has 1 aromatic heterocycles. The number of carboxylic acids is 1. The Morgan fingerprint density at radius 1 is 0.964 bits per heavy atom. The molecule has 7 heteroatoms. The molecule has 0 aliphatic carbocycles. The normalized spacial score (nSPS) is 10.9. The summed E-state index contributed by atoms with van der Waals surface area (Å²) >= 11 is 0. The van der Waals surface area contributed by atoms with Crippen LogP contribution in [0.1, 0.15) is 25.3 Å². The topological polar surface area (TPSA) is 93.3 Å². The van der Waals surface area contributed by atoms with Crippen molar-refractivity contribution in [2.45, 2.75) is 39.3 Å². The van der Waals surface area contributed by atoms with Crippen LogP contribution >= 0.6 is 0 Å². The number of imidazole rings is 1. The van der Waals surface area contributed by atoms with Gasteiger partial charge in [0.05, 0.1) is 17.5 Å². The van der Waals surface area contributed by atoms with Gasteiger partial charge < -0.3 is 10.4 Å². The molecule has 2 N–H and O–H groups in total. The molecule has 0 radical (unpaired) electrons. The van der Waals surface area contributed by atoms with Crippen molar-refractivity contribution in [3.05, 3.63) is 64.6 Å². The summed E-state index contributed by atoms with van der Waals surface area (Å²) in [5.41, 5.74) is 2.57. The van der Waals surface area contributed by atoms with Gasteiger partial charge in [0.25, 0.3) is 0 Å². The van der Waals surface area contributed by atoms with Crippen LogP contribution in [0, 0.1) is 0 Å². The van der Waals surface area contributed by atoms with E-state index in [1.54, 1.807) is 33.4 Å². The summed E-state index contributed by atoms with van der Waals surface area (Å²) in [7, 11) is 0. The fourth-order valence-electron chi connectivity index (χ4n) is 3.31. The van der Waals surface area contributed by atoms with E-state index in [0.717, 1.165) is 17.5 Å². The molecule has 0 aliphatic rings. The maximum absolute atomic E-state index is 12.8. The Morgan fingerprint density at radius 2 is 1.57 bits per heavy atom. The first-order valence-corrected chi connectivity index (χ1v) is 9.29. The molecule has 0 bridgehead atoms. The summed E-state index contributed by atoms with van der Waals surface area (Å²) in [6, 6.07) is 14.4. The summed E-state index contributed by atoms with van der Waals surface area (Å²) in [5, 5.41) is 11.8. The molecule has 0 unspecified atom stereocenters. The van der Waals surface area contributed by atoms with Gasteiger partial charge in [-0.2, -0.15) is 0 Å². The Balaban J connectivity index is 1.77. The van der Waals surface area contributed by atoms with Gasteiger partial charge in [0.2, 0.25) is 5.91 Å². The van der Waals surface area contributed by atoms with Crippen LogP contribution in [-0.2, 0) is 29.1 Å². The van der Waals surface area contributed by atoms with E-state index < -0.39 is 5.97 Å². The Hall–Kier alpha value is -3.35. The average molecular weight is 381 g/mol. The lowest BCUT2D eigenvalue weighted by atomic mass is 10.1. The number of amides is 1. The predicted octanol–water partition coefficient (Wildman–Crippen LogP) is 2.87. The number of benzene rings is 2. The summed E-state index contributed by atoms with van der Waals surface area (Å²) in [6.07, 6.45) is 0.788. The number of carbonyl (C=O) groups is 2. The predicted molar refractivity (Wildman–Crippen MR) is 108 cm³/mol. The van der Waals surface area contributed by atoms with Crippen LogP contribution in [0.3, 0.4) is 0 Å². The summed E-state index contributed by atoms with van der Waals surface area (Å²) < 4.78 is 3.35. The Morgan fingerprint density at radius 3 is 2.21 bits per heavy atom. The zero-order valence-electron chi connectivity index (χ0n) is 15.7. The molecule has 0 atom stereocenters. The second kappa shape index (κ2) is 8.56. The number of para-hydroxylation sites is 3. The molecule has 7 nitrogen and oxygen atoms in total. The minimum atomic E-state index is -0.961. The molecule has 0 spiro atoms. The maximum Gasteiger partial charge on any atom is 0.329 e. The van der Waals surface area contributed by atoms with Crippen LogP contribution < -0.4 is 11.0 Å². The van der Waals surface area contributed by atoms with Crippen molar-refractivity contribution in [3.63, 3.8) is 0 Å². The Kier molecular flexibility index (Phi) is 5.93. The number of aromatic nitrogens is 2. The molecule has 0 aliphatic heterocycles. The van der Waals surface area contributed by atoms with Crippen molar-refractivity contribution < 1.29 is 14.7 Å². The van der Waals surface area contributed by atoms with Gasteiger partial charge in [-0.1, -0.05) is 37.3 Å². The highest BCUT2D eigenvalue weighted by Crippen LogP contribution is 2.17. The van der Waals surface area contributed by atoms with E-state index >= 15 is 0 Å². The third kappa shape index (κ3) is 4.14. The molecular formula is C21H23N3O4. The van der Waals surface area contributed by atoms with Crippen LogP contribution in [0.2, 0.25) is 0 Å². The largest absolute Gasteiger partial charge is 0.481 e. The fourth-order valence-corrected chi connectivity index (χ4v) is 3.31. The number of carbonyl (C=O) groups excluding carboxylic acids is 1. The lowest BCUT2D eigenvalue weighted by Crippen LogP contribution is -2.26. The van der Waals surface area contributed by atoms with E-state index in [2.05, 4.69) is 5.32 Å². The summed E-state index contributed by atoms with van der Waals surface area (Å²) in [5.74, 6) is -1.23. The van der Waals surface area contributed by atoms with Crippen LogP contribution in [0.5, 0.6) is 0 Å². The van der Waals surface area contributed by atoms with Gasteiger partial charge in [0, 0.05) is 25.2 Å². The van der Waals surface area contributed by atoms with Crippen molar-refractivity contribution in [3.8, 4) is 0 Å². The average Bonchev–Trinajstić information content (AvgIpc) is 2.93. The van der Waals surface area contributed by atoms with Crippen molar-refractivity contribution in [2.24, 2.45) is 0 Å². The third-order valence-electron chi connectivity index (χ3n) is 4.57. The standard InChI is InChI=1S/C21H23N3O4/c1-2-12-23-17-9-5-6-10-18(17)24(21(23)28)13-11-19(25)22-16-8-4-3-7-15(16)14-20(26)27/h3-10H,2,11-14H2,1H3,(H,22,25)(H,26,27). The highest BCUT2D eigenvalue weighted by Gasteiger charge is 2.14. The molecule has 28 heavy (non-hydrogen) atoms. The molecule has 0 fully saturated rings. The molecule has 0 saturated carbocycles. The van der Waals surface area contributed by atoms with E-state index in [9.17, 15) is 14.4 Å². The number of aliphatic carboxylic acids is 1. The third-order valence-corrected chi connectivity index (χ3v) is 4.57. The number of carboxylic acid groups (broad SMARTS) is 1. The molecule has 3 rings (SSSR count). The van der Waals surface area contributed by atoms with E-state index in [4.69, 9.17) is 5.11 Å². The second-order valence-corrected chi connectivity index (χ2v) is 6.60. The molecule has 3 aromatic rings. The lowest BCUT2D eigenvalue weighted by molar-refractivity contribution is -0.136. The molecule has 2 aromatic carbocycles. The van der Waals surface area contributed by atoms with Gasteiger partial charge in [0.15, 0.2) is 0 Å². The number of rotatable bonds is 8. The van der Waals surface area contributed by atoms with E-state index in [-0.39, 0.29) is 31.0 Å². The first-order valence-electron chi connectivity index (χ1n) is 9.29. The van der Waals surface area contributed by atoms with E-state index in [1.807, 2.05) is 31.2 Å². The van der Waals surface area contributed by atoms with E-state index in [1.165, 1.54) is 0 Å². The quantitative estimate of drug-likeness (QED) is 0.627. The first-order chi connectivity index (χ1) is 13.5. The van der Waals surface area contributed by atoms with Crippen molar-refractivity contribution in [1.82, 2.24) is 9.13 Å². The van der Waals surface area contributed by atoms with Gasteiger partial charge in [-0.15, -0.1) is 0 Å². The number of anilines is 1. The first kappa shape index (κ1) is 19.4. The highest BCUT2D eigenvalue weighted by molar-refractivity contribution is 5.92. The van der Waals surface area contributed by atoms with Gasteiger partial charge >= 0.3 is 11.7 Å². The highest BCUT2D eigenvalue weighted by atomic mass is 16.4. The monoisotopic (exact) mass is 381 g/mol. The van der Waals surface area contributed by atoms with E-state index in [0.29, 0.717) is 17.8 Å². The maximum atomic E-state index is 12.8. The van der Waals surface area contributed by atoms with Gasteiger partial charge in [-0.05, 0) is 30.2 Å².